The van der Waals surface area contributed by atoms with Gasteiger partial charge in [-0.25, -0.2) is 8.78 Å². The fourth-order valence-corrected chi connectivity index (χ4v) is 1.22. The molecule has 0 heterocycles. The summed E-state index contributed by atoms with van der Waals surface area (Å²) in [5.74, 6) is -2.17. The molecule has 0 radical (unpaired) electrons. The summed E-state index contributed by atoms with van der Waals surface area (Å²) in [6, 6.07) is 0. The predicted octanol–water partition coefficient (Wildman–Crippen LogP) is -3.60. The first-order chi connectivity index (χ1) is 7.84. The van der Waals surface area contributed by atoms with Gasteiger partial charge in [0.25, 0.3) is 6.43 Å². The summed E-state index contributed by atoms with van der Waals surface area (Å²) in [7, 11) is 0. The number of carbonyl (C=O) groups is 2. The van der Waals surface area contributed by atoms with E-state index in [1.165, 1.54) is 0 Å². The normalized spacial score (nSPS) is 13.6. The van der Waals surface area contributed by atoms with Crippen LogP contribution in [0.4, 0.5) is 8.78 Å². The van der Waals surface area contributed by atoms with Crippen LogP contribution in [-0.2, 0) is 9.59 Å². The molecule has 0 fully saturated rings. The fraction of sp³-hybridized carbons (Fsp3) is 0.800. The molecule has 0 aliphatic heterocycles. The number of aliphatic carboxylic acids is 1. The number of nitrogens with two attached hydrogens (primary N) is 1. The van der Waals surface area contributed by atoms with Crippen molar-refractivity contribution in [2.24, 2.45) is 5.73 Å². The van der Waals surface area contributed by atoms with E-state index in [1.54, 1.807) is 0 Å². The second-order valence-corrected chi connectivity index (χ2v) is 3.83. The van der Waals surface area contributed by atoms with Crippen molar-refractivity contribution in [1.82, 2.24) is 5.32 Å². The van der Waals surface area contributed by atoms with Crippen LogP contribution in [0.25, 0.3) is 0 Å². The van der Waals surface area contributed by atoms with Crippen molar-refractivity contribution in [3.05, 3.63) is 0 Å². The Hall–Kier alpha value is -0.240. The molecule has 0 spiro atoms. The average Bonchev–Trinajstić information content (AvgIpc) is 2.23. The maximum atomic E-state index is 12.4. The third kappa shape index (κ3) is 6.63. The first-order valence-electron chi connectivity index (χ1n) is 5.39. The molecular formula is C10H17F2N2NaO3. The topological polar surface area (TPSA) is 95.2 Å². The number of nitrogens with one attached hydrogen (secondary N) is 1. The maximum Gasteiger partial charge on any atom is 1.00 e. The summed E-state index contributed by atoms with van der Waals surface area (Å²) in [5, 5.41) is 13.0. The molecule has 0 aromatic heterocycles. The number of alkyl halides is 2. The van der Waals surface area contributed by atoms with E-state index in [4.69, 9.17) is 5.73 Å². The number of carbonyl (C=O) groups excluding carboxylic acids is 2. The molecule has 100 valence electrons. The number of carboxylic acid groups (broad SMARTS) is 1. The van der Waals surface area contributed by atoms with E-state index >= 15 is 0 Å². The number of hydrogen-bond acceptors (Lipinski definition) is 4. The minimum absolute atomic E-state index is 0. The van der Waals surface area contributed by atoms with E-state index in [9.17, 15) is 23.5 Å². The van der Waals surface area contributed by atoms with Crippen LogP contribution in [0.2, 0.25) is 0 Å². The zero-order chi connectivity index (χ0) is 13.5. The smallest absolute Gasteiger partial charge is 0.548 e. The van der Waals surface area contributed by atoms with E-state index in [1.807, 2.05) is 6.92 Å². The monoisotopic (exact) mass is 274 g/mol. The Kier molecular flexibility index (Phi) is 10.8. The van der Waals surface area contributed by atoms with Crippen molar-refractivity contribution >= 4 is 11.9 Å². The summed E-state index contributed by atoms with van der Waals surface area (Å²) >= 11 is 0. The molecule has 0 rings (SSSR count). The van der Waals surface area contributed by atoms with Crippen molar-refractivity contribution in [2.45, 2.75) is 44.6 Å². The van der Waals surface area contributed by atoms with E-state index < -0.39 is 24.4 Å². The molecule has 0 aliphatic carbocycles. The van der Waals surface area contributed by atoms with Crippen molar-refractivity contribution in [3.63, 3.8) is 0 Å². The zero-order valence-electron chi connectivity index (χ0n) is 10.7. The van der Waals surface area contributed by atoms with Gasteiger partial charge in [-0.05, 0) is 19.3 Å². The molecule has 1 atom stereocenters. The molecule has 0 aromatic carbocycles. The zero-order valence-corrected chi connectivity index (χ0v) is 12.7. The van der Waals surface area contributed by atoms with Gasteiger partial charge >= 0.3 is 29.6 Å². The Bertz CT molecular complexity index is 280. The van der Waals surface area contributed by atoms with Crippen molar-refractivity contribution < 1.29 is 53.0 Å². The predicted molar refractivity (Wildman–Crippen MR) is 55.1 cm³/mol. The van der Waals surface area contributed by atoms with Gasteiger partial charge in [-0.15, -0.1) is 0 Å². The van der Waals surface area contributed by atoms with Gasteiger partial charge < -0.3 is 21.0 Å². The molecule has 0 saturated carbocycles. The van der Waals surface area contributed by atoms with E-state index in [-0.39, 0.29) is 48.4 Å². The molecule has 0 aliphatic rings. The number of rotatable bonds is 8. The number of amides is 1. The Balaban J connectivity index is 0. The van der Waals surface area contributed by atoms with Crippen LogP contribution in [0.15, 0.2) is 0 Å². The summed E-state index contributed by atoms with van der Waals surface area (Å²) in [6.45, 7) is 1.95. The third-order valence-corrected chi connectivity index (χ3v) is 2.34. The molecule has 0 aromatic rings. The van der Waals surface area contributed by atoms with Gasteiger partial charge in [0.05, 0.1) is 5.97 Å². The first kappa shape index (κ1) is 20.1. The molecule has 3 N–H and O–H groups in total. The van der Waals surface area contributed by atoms with Gasteiger partial charge in [-0.1, -0.05) is 6.92 Å². The van der Waals surface area contributed by atoms with Crippen LogP contribution in [0.3, 0.4) is 0 Å². The second kappa shape index (κ2) is 9.66. The fourth-order valence-electron chi connectivity index (χ4n) is 1.22. The molecule has 0 saturated heterocycles. The Labute approximate surface area is 127 Å². The van der Waals surface area contributed by atoms with Crippen LogP contribution < -0.4 is 45.7 Å². The van der Waals surface area contributed by atoms with Crippen molar-refractivity contribution in [2.75, 3.05) is 6.54 Å². The standard InChI is InChI=1S/C10H18F2N2O3.Na/c1-2-4-7(15)14-6-3-5-10(13,8(11)12)9(16)17;/h8H,2-6,13H2,1H3,(H,14,15)(H,16,17);/q;+1/p-1. The van der Waals surface area contributed by atoms with Crippen LogP contribution in [0.1, 0.15) is 32.6 Å². The quantitative estimate of drug-likeness (QED) is 0.353. The van der Waals surface area contributed by atoms with Gasteiger partial charge in [0.2, 0.25) is 5.91 Å². The minimum Gasteiger partial charge on any atom is -0.548 e. The van der Waals surface area contributed by atoms with Gasteiger partial charge in [0.1, 0.15) is 5.54 Å². The summed E-state index contributed by atoms with van der Waals surface area (Å²) in [5.41, 5.74) is 2.39. The van der Waals surface area contributed by atoms with Gasteiger partial charge in [0, 0.05) is 13.0 Å². The van der Waals surface area contributed by atoms with Crippen LogP contribution >= 0.6 is 0 Å². The number of halogens is 2. The molecule has 18 heavy (non-hydrogen) atoms. The van der Waals surface area contributed by atoms with Crippen LogP contribution in [0, 0.1) is 0 Å². The molecular weight excluding hydrogens is 257 g/mol. The summed E-state index contributed by atoms with van der Waals surface area (Å²) < 4.78 is 24.8. The molecule has 8 heteroatoms. The Morgan fingerprint density at radius 2 is 2.00 bits per heavy atom. The van der Waals surface area contributed by atoms with E-state index in [0.717, 1.165) is 0 Å². The van der Waals surface area contributed by atoms with E-state index in [0.29, 0.717) is 12.8 Å². The Morgan fingerprint density at radius 1 is 1.44 bits per heavy atom. The van der Waals surface area contributed by atoms with E-state index in [2.05, 4.69) is 5.32 Å². The van der Waals surface area contributed by atoms with Crippen molar-refractivity contribution in [3.8, 4) is 0 Å². The molecule has 1 unspecified atom stereocenters. The summed E-state index contributed by atoms with van der Waals surface area (Å²) in [4.78, 5) is 21.5. The van der Waals surface area contributed by atoms with Gasteiger partial charge in [-0.2, -0.15) is 0 Å². The van der Waals surface area contributed by atoms with Crippen LogP contribution in [-0.4, -0.2) is 30.4 Å². The number of carboxylic acids is 1. The SMILES string of the molecule is CCCC(=O)NCCCC(N)(C(=O)[O-])C(F)F.[Na+]. The first-order valence-corrected chi connectivity index (χ1v) is 5.39. The molecule has 5 nitrogen and oxygen atoms in total. The maximum absolute atomic E-state index is 12.4. The minimum atomic E-state index is -3.20. The summed E-state index contributed by atoms with van der Waals surface area (Å²) in [6.07, 6.45) is -2.55. The second-order valence-electron chi connectivity index (χ2n) is 3.83. The molecule has 0 bridgehead atoms. The third-order valence-electron chi connectivity index (χ3n) is 2.34. The van der Waals surface area contributed by atoms with Crippen molar-refractivity contribution in [1.29, 1.82) is 0 Å². The van der Waals surface area contributed by atoms with Gasteiger partial charge in [0.15, 0.2) is 0 Å². The molecule has 1 amide bonds. The van der Waals surface area contributed by atoms with Gasteiger partial charge in [-0.3, -0.25) is 4.79 Å². The number of hydrogen-bond donors (Lipinski definition) is 2. The van der Waals surface area contributed by atoms with Crippen LogP contribution in [0.5, 0.6) is 0 Å². The largest absolute Gasteiger partial charge is 1.00 e. The Morgan fingerprint density at radius 3 is 2.39 bits per heavy atom. The average molecular weight is 274 g/mol.